The molecule has 0 aromatic rings. The molecule has 0 saturated carbocycles. The molecule has 0 radical (unpaired) electrons. The van der Waals surface area contributed by atoms with Gasteiger partial charge in [-0.05, 0) is 43.4 Å². The summed E-state index contributed by atoms with van der Waals surface area (Å²) in [6.45, 7) is 12.8. The van der Waals surface area contributed by atoms with Crippen molar-refractivity contribution in [1.82, 2.24) is 4.90 Å². The lowest BCUT2D eigenvalue weighted by atomic mass is 9.83. The van der Waals surface area contributed by atoms with E-state index in [0.717, 1.165) is 38.3 Å². The first-order chi connectivity index (χ1) is 10.0. The Kier molecular flexibility index (Phi) is 14.5. The van der Waals surface area contributed by atoms with Crippen LogP contribution < -0.4 is 0 Å². The molecule has 2 aliphatic rings. The minimum absolute atomic E-state index is 0. The average Bonchev–Trinajstić information content (AvgIpc) is 2.93. The van der Waals surface area contributed by atoms with Gasteiger partial charge in [0.05, 0.1) is 0 Å². The van der Waals surface area contributed by atoms with Crippen LogP contribution in [0, 0.1) is 23.2 Å². The third-order valence-corrected chi connectivity index (χ3v) is 4.04. The van der Waals surface area contributed by atoms with Gasteiger partial charge in [0.1, 0.15) is 0 Å². The molecule has 2 heteroatoms. The summed E-state index contributed by atoms with van der Waals surface area (Å²) >= 11 is 0. The molecule has 1 fully saturated rings. The highest BCUT2D eigenvalue weighted by molar-refractivity contribution is 5.47. The molecule has 0 spiro atoms. The molecule has 0 N–H and O–H groups in total. The SMILES string of the molecule is C.CC.CC1(C)CCCC#CCCC1.CC1CCN(C=O)C1. The maximum atomic E-state index is 10.1. The molecule has 1 atom stereocenters. The van der Waals surface area contributed by atoms with E-state index < -0.39 is 0 Å². The smallest absolute Gasteiger partial charge is 0.209 e. The van der Waals surface area contributed by atoms with Gasteiger partial charge in [0.2, 0.25) is 6.41 Å². The Hall–Kier alpha value is -0.970. The first-order valence-electron chi connectivity index (χ1n) is 8.68. The summed E-state index contributed by atoms with van der Waals surface area (Å²) in [5.41, 5.74) is 0.563. The lowest BCUT2D eigenvalue weighted by Gasteiger charge is -2.23. The predicted octanol–water partition coefficient (Wildman–Crippen LogP) is 5.52. The van der Waals surface area contributed by atoms with Gasteiger partial charge in [-0.1, -0.05) is 42.0 Å². The largest absolute Gasteiger partial charge is 0.345 e. The van der Waals surface area contributed by atoms with Gasteiger partial charge in [0, 0.05) is 25.9 Å². The molecule has 0 bridgehead atoms. The molecule has 0 aromatic heterocycles. The molecule has 1 amide bonds. The fourth-order valence-corrected chi connectivity index (χ4v) is 2.68. The number of hydrogen-bond acceptors (Lipinski definition) is 1. The standard InChI is InChI=1S/C11H18.C6H11NO.C2H6.CH4/c1-11(2)9-7-5-3-4-6-8-10-11;1-6-2-3-7(4-6)5-8;1-2;/h5-10H2,1-2H3;5-6H,2-4H2,1H3;1-2H3;1H4. The van der Waals surface area contributed by atoms with Crippen molar-refractivity contribution in [2.45, 2.75) is 87.0 Å². The summed E-state index contributed by atoms with van der Waals surface area (Å²) in [6.07, 6.45) is 9.62. The minimum Gasteiger partial charge on any atom is -0.345 e. The summed E-state index contributed by atoms with van der Waals surface area (Å²) in [5.74, 6) is 7.15. The lowest BCUT2D eigenvalue weighted by Crippen LogP contribution is -2.17. The van der Waals surface area contributed by atoms with Gasteiger partial charge in [-0.25, -0.2) is 0 Å². The van der Waals surface area contributed by atoms with Gasteiger partial charge in [-0.3, -0.25) is 4.79 Å². The first kappa shape index (κ1) is 23.3. The highest BCUT2D eigenvalue weighted by Crippen LogP contribution is 2.29. The highest BCUT2D eigenvalue weighted by Gasteiger charge is 2.16. The van der Waals surface area contributed by atoms with Crippen molar-refractivity contribution >= 4 is 6.41 Å². The van der Waals surface area contributed by atoms with E-state index in [2.05, 4.69) is 32.6 Å². The number of likely N-dealkylation sites (tertiary alicyclic amines) is 1. The second-order valence-corrected chi connectivity index (χ2v) is 6.72. The molecule has 2 rings (SSSR count). The molecule has 1 unspecified atom stereocenters. The van der Waals surface area contributed by atoms with E-state index in [1.165, 1.54) is 32.1 Å². The second kappa shape index (κ2) is 13.7. The van der Waals surface area contributed by atoms with Gasteiger partial charge >= 0.3 is 0 Å². The van der Waals surface area contributed by atoms with Gasteiger partial charge in [-0.15, -0.1) is 11.8 Å². The van der Waals surface area contributed by atoms with Crippen molar-refractivity contribution in [3.8, 4) is 11.8 Å². The molecule has 22 heavy (non-hydrogen) atoms. The molecule has 0 aromatic carbocycles. The Morgan fingerprint density at radius 3 is 1.91 bits per heavy atom. The third kappa shape index (κ3) is 11.7. The zero-order valence-electron chi connectivity index (χ0n) is 14.9. The lowest BCUT2D eigenvalue weighted by molar-refractivity contribution is -0.117. The van der Waals surface area contributed by atoms with Gasteiger partial charge in [0.15, 0.2) is 0 Å². The fraction of sp³-hybridized carbons (Fsp3) is 0.850. The number of rotatable bonds is 1. The zero-order valence-corrected chi connectivity index (χ0v) is 14.9. The Labute approximate surface area is 140 Å². The monoisotopic (exact) mass is 309 g/mol. The van der Waals surface area contributed by atoms with Crippen molar-refractivity contribution in [2.24, 2.45) is 11.3 Å². The Morgan fingerprint density at radius 1 is 1.09 bits per heavy atom. The second-order valence-electron chi connectivity index (χ2n) is 6.72. The van der Waals surface area contributed by atoms with Crippen LogP contribution in [0.15, 0.2) is 0 Å². The number of hydrogen-bond donors (Lipinski definition) is 0. The van der Waals surface area contributed by atoms with Crippen LogP contribution in [0.3, 0.4) is 0 Å². The fourth-order valence-electron chi connectivity index (χ4n) is 2.68. The van der Waals surface area contributed by atoms with E-state index in [-0.39, 0.29) is 7.43 Å². The van der Waals surface area contributed by atoms with Crippen LogP contribution in [-0.4, -0.2) is 24.4 Å². The van der Waals surface area contributed by atoms with Crippen LogP contribution in [0.4, 0.5) is 0 Å². The predicted molar refractivity (Wildman–Crippen MR) is 98.8 cm³/mol. The summed E-state index contributed by atoms with van der Waals surface area (Å²) in [7, 11) is 0. The van der Waals surface area contributed by atoms with E-state index in [4.69, 9.17) is 0 Å². The summed E-state index contributed by atoms with van der Waals surface area (Å²) in [4.78, 5) is 11.9. The molecular formula is C20H39NO. The Morgan fingerprint density at radius 2 is 1.59 bits per heavy atom. The highest BCUT2D eigenvalue weighted by atomic mass is 16.1. The van der Waals surface area contributed by atoms with E-state index in [1.807, 2.05) is 18.7 Å². The molecule has 1 saturated heterocycles. The Balaban J connectivity index is 0. The Bertz CT molecular complexity index is 308. The van der Waals surface area contributed by atoms with Crippen molar-refractivity contribution in [2.75, 3.05) is 13.1 Å². The van der Waals surface area contributed by atoms with Crippen LogP contribution in [-0.2, 0) is 4.79 Å². The molecule has 2 nitrogen and oxygen atoms in total. The number of carbonyl (C=O) groups is 1. The average molecular weight is 310 g/mol. The van der Waals surface area contributed by atoms with Crippen LogP contribution >= 0.6 is 0 Å². The number of amides is 1. The normalized spacial score (nSPS) is 22.6. The van der Waals surface area contributed by atoms with Crippen LogP contribution in [0.2, 0.25) is 0 Å². The molecule has 130 valence electrons. The van der Waals surface area contributed by atoms with Crippen LogP contribution in [0.25, 0.3) is 0 Å². The molecule has 1 aliphatic carbocycles. The van der Waals surface area contributed by atoms with Gasteiger partial charge in [0.25, 0.3) is 0 Å². The minimum atomic E-state index is 0. The zero-order chi connectivity index (χ0) is 16.1. The van der Waals surface area contributed by atoms with Gasteiger partial charge < -0.3 is 4.90 Å². The quantitative estimate of drug-likeness (QED) is 0.461. The van der Waals surface area contributed by atoms with E-state index in [0.29, 0.717) is 5.41 Å². The van der Waals surface area contributed by atoms with E-state index in [1.54, 1.807) is 0 Å². The summed E-state index contributed by atoms with van der Waals surface area (Å²) in [6, 6.07) is 0. The third-order valence-electron chi connectivity index (χ3n) is 4.04. The number of nitrogens with zero attached hydrogens (tertiary/aromatic N) is 1. The molecular weight excluding hydrogens is 270 g/mol. The van der Waals surface area contributed by atoms with Crippen LogP contribution in [0.5, 0.6) is 0 Å². The van der Waals surface area contributed by atoms with Crippen molar-refractivity contribution < 1.29 is 4.79 Å². The van der Waals surface area contributed by atoms with Crippen molar-refractivity contribution in [1.29, 1.82) is 0 Å². The van der Waals surface area contributed by atoms with Crippen LogP contribution in [0.1, 0.15) is 87.0 Å². The molecule has 1 aliphatic heterocycles. The summed E-state index contributed by atoms with van der Waals surface area (Å²) < 4.78 is 0. The van der Waals surface area contributed by atoms with Gasteiger partial charge in [-0.2, -0.15) is 0 Å². The van der Waals surface area contributed by atoms with Crippen molar-refractivity contribution in [3.05, 3.63) is 0 Å². The van der Waals surface area contributed by atoms with E-state index >= 15 is 0 Å². The maximum Gasteiger partial charge on any atom is 0.209 e. The topological polar surface area (TPSA) is 20.3 Å². The van der Waals surface area contributed by atoms with Crippen molar-refractivity contribution in [3.63, 3.8) is 0 Å². The maximum absolute atomic E-state index is 10.1. The van der Waals surface area contributed by atoms with E-state index in [9.17, 15) is 4.79 Å². The molecule has 1 heterocycles. The first-order valence-corrected chi connectivity index (χ1v) is 8.68. The summed E-state index contributed by atoms with van der Waals surface area (Å²) in [5, 5.41) is 0. The number of carbonyl (C=O) groups excluding carboxylic acids is 1.